The van der Waals surface area contributed by atoms with E-state index in [2.05, 4.69) is 60.4 Å². The number of imide groups is 5. The van der Waals surface area contributed by atoms with Gasteiger partial charge in [-0.1, -0.05) is 104 Å². The maximum Gasteiger partial charge on any atom is 0.249 e. The molecule has 115 heavy (non-hydrogen) atoms. The fraction of sp³-hybridized carbons (Fsp3) is 0.239. The van der Waals surface area contributed by atoms with Crippen molar-refractivity contribution in [2.75, 3.05) is 26.1 Å². The van der Waals surface area contributed by atoms with Crippen molar-refractivity contribution in [3.63, 3.8) is 0 Å². The maximum atomic E-state index is 12.4. The fourth-order valence-corrected chi connectivity index (χ4v) is 16.3. The minimum atomic E-state index is -0.462. The Morgan fingerprint density at radius 1 is 0.365 bits per heavy atom. The third-order valence-corrected chi connectivity index (χ3v) is 21.7. The standard InChI is InChI=1S/C18H18N4O2.C18H17N3O2.C18H13N3O2.C17H15N3O3.C17H15N3O2/c1-21(2)15-9-7-12-11-5-3-4-6-13(11)22(17(12)19-15)14-8-10-16(23)20-18(14)24;2*1-2-11-7-8-13-12-5-3-4-6-14(12)21(17(13)19-11)15-9-10-16(22)20-18(15)23;1-23-15-9-6-11-10-4-2-3-5-12(10)20(16(11)19-15)13-7-8-14(21)18-17(13)22;1-10-6-7-12-11-4-2-3-5-13(11)20(16(12)18-10)14-8-9-15(21)19-17(14)22/h3-7,9,14H,8,10H2,1-2H3,(H,20,23,24);3-8,15H,2,9-10H2,1H3,(H,20,22,23);1,3-8,15H,9-10H2,(H,20,22,23);2-6,9,13H,7-8H2,1H3,(H,18,21,22);2-7,14H,8-9H2,1H3,(H,19,21,22). The number of pyridine rings is 5. The van der Waals surface area contributed by atoms with Crippen LogP contribution in [0.3, 0.4) is 0 Å². The number of carbonyl (C=O) groups is 10. The molecule has 5 aromatic carbocycles. The quantitative estimate of drug-likeness (QED) is 0.0697. The number of aromatic nitrogens is 10. The number of benzene rings is 5. The highest BCUT2D eigenvalue weighted by Crippen LogP contribution is 2.40. The summed E-state index contributed by atoms with van der Waals surface area (Å²) < 4.78 is 15.0. The summed E-state index contributed by atoms with van der Waals surface area (Å²) in [6.07, 6.45) is 10.5. The van der Waals surface area contributed by atoms with E-state index in [0.29, 0.717) is 87.1 Å². The summed E-state index contributed by atoms with van der Waals surface area (Å²) in [4.78, 5) is 144. The molecule has 0 aliphatic carbocycles. The topological polar surface area (TPSA) is 332 Å². The molecule has 5 aliphatic heterocycles. The summed E-state index contributed by atoms with van der Waals surface area (Å²) in [5.74, 6) is 1.46. The summed E-state index contributed by atoms with van der Waals surface area (Å²) in [5.41, 5.74) is 11.0. The highest BCUT2D eigenvalue weighted by atomic mass is 16.5. The van der Waals surface area contributed by atoms with Crippen LogP contribution in [0, 0.1) is 19.3 Å². The monoisotopic (exact) mass is 1530 g/mol. The molecule has 5 saturated heterocycles. The first-order chi connectivity index (χ1) is 55.8. The van der Waals surface area contributed by atoms with E-state index in [1.165, 1.54) is 0 Å². The van der Waals surface area contributed by atoms with Crippen molar-refractivity contribution in [2.24, 2.45) is 0 Å². The van der Waals surface area contributed by atoms with Crippen LogP contribution in [-0.4, -0.2) is 128 Å². The van der Waals surface area contributed by atoms with Crippen LogP contribution in [0.2, 0.25) is 0 Å². The molecule has 27 nitrogen and oxygen atoms in total. The lowest BCUT2D eigenvalue weighted by Crippen LogP contribution is -2.41. The van der Waals surface area contributed by atoms with Gasteiger partial charge in [0.05, 0.1) is 34.7 Å². The summed E-state index contributed by atoms with van der Waals surface area (Å²) in [6.45, 7) is 4.00. The zero-order valence-corrected chi connectivity index (χ0v) is 63.5. The van der Waals surface area contributed by atoms with E-state index in [-0.39, 0.29) is 59.1 Å². The van der Waals surface area contributed by atoms with E-state index in [9.17, 15) is 47.9 Å². The van der Waals surface area contributed by atoms with Gasteiger partial charge in [0.1, 0.15) is 70.0 Å². The van der Waals surface area contributed by atoms with Gasteiger partial charge < -0.3 is 32.5 Å². The van der Waals surface area contributed by atoms with E-state index >= 15 is 0 Å². The van der Waals surface area contributed by atoms with Crippen molar-refractivity contribution >= 4 is 175 Å². The normalized spacial score (nSPS) is 18.4. The minimum Gasteiger partial charge on any atom is -0.481 e. The maximum absolute atomic E-state index is 12.4. The van der Waals surface area contributed by atoms with Gasteiger partial charge in [0, 0.05) is 118 Å². The average molecular weight is 1540 g/mol. The Hall–Kier alpha value is -14.3. The first kappa shape index (κ1) is 74.8. The summed E-state index contributed by atoms with van der Waals surface area (Å²) in [7, 11) is 5.44. The highest BCUT2D eigenvalue weighted by Gasteiger charge is 2.37. The number of para-hydroxylation sites is 5. The second-order valence-electron chi connectivity index (χ2n) is 29.0. The van der Waals surface area contributed by atoms with Crippen LogP contribution < -0.4 is 36.2 Å². The molecule has 5 fully saturated rings. The highest BCUT2D eigenvalue weighted by molar-refractivity contribution is 6.14. The molecule has 20 rings (SSSR count). The van der Waals surface area contributed by atoms with Crippen LogP contribution in [0.15, 0.2) is 182 Å². The van der Waals surface area contributed by atoms with Gasteiger partial charge in [-0.25, -0.2) is 19.9 Å². The van der Waals surface area contributed by atoms with Crippen molar-refractivity contribution in [1.82, 2.24) is 74.3 Å². The van der Waals surface area contributed by atoms with Gasteiger partial charge in [-0.05, 0) is 130 Å². The Kier molecular flexibility index (Phi) is 20.2. The van der Waals surface area contributed by atoms with Crippen LogP contribution in [0.4, 0.5) is 5.82 Å². The van der Waals surface area contributed by atoms with Gasteiger partial charge in [-0.3, -0.25) is 74.5 Å². The van der Waals surface area contributed by atoms with Crippen LogP contribution in [0.1, 0.15) is 118 Å². The molecule has 0 bridgehead atoms. The van der Waals surface area contributed by atoms with Gasteiger partial charge in [-0.15, -0.1) is 6.42 Å². The smallest absolute Gasteiger partial charge is 0.249 e. The lowest BCUT2D eigenvalue weighted by atomic mass is 10.1. The third kappa shape index (κ3) is 14.0. The molecular formula is C88H78N16O11. The summed E-state index contributed by atoms with van der Waals surface area (Å²) >= 11 is 0. The number of rotatable bonds is 8. The van der Waals surface area contributed by atoms with Crippen molar-refractivity contribution in [1.29, 1.82) is 0 Å². The Morgan fingerprint density at radius 3 is 0.991 bits per heavy atom. The van der Waals surface area contributed by atoms with Gasteiger partial charge in [0.15, 0.2) is 0 Å². The molecule has 5 aliphatic rings. The molecule has 5 N–H and O–H groups in total. The second kappa shape index (κ2) is 31.1. The second-order valence-corrected chi connectivity index (χ2v) is 29.0. The molecule has 10 amide bonds. The predicted molar refractivity (Wildman–Crippen MR) is 436 cm³/mol. The number of nitrogens with zero attached hydrogens (tertiary/aromatic N) is 11. The number of methoxy groups -OCH3 is 1. The van der Waals surface area contributed by atoms with Crippen LogP contribution >= 0.6 is 0 Å². The molecular weight excluding hydrogens is 1460 g/mol. The fourth-order valence-electron chi connectivity index (χ4n) is 16.3. The molecule has 15 heterocycles. The number of ether oxygens (including phenoxy) is 1. The molecule has 5 unspecified atom stereocenters. The van der Waals surface area contributed by atoms with E-state index in [1.54, 1.807) is 13.2 Å². The molecule has 0 saturated carbocycles. The molecule has 15 aromatic rings. The van der Waals surface area contributed by atoms with E-state index in [4.69, 9.17) is 21.1 Å². The summed E-state index contributed by atoms with van der Waals surface area (Å²) in [5, 5.41) is 22.4. The number of piperidine rings is 5. The number of fused-ring (bicyclic) bond motifs is 15. The van der Waals surface area contributed by atoms with Crippen molar-refractivity contribution in [2.45, 2.75) is 115 Å². The van der Waals surface area contributed by atoms with Crippen LogP contribution in [-0.2, 0) is 54.4 Å². The number of terminal acetylenes is 1. The van der Waals surface area contributed by atoms with Crippen molar-refractivity contribution in [3.8, 4) is 18.2 Å². The number of aryl methyl sites for hydroxylation is 2. The van der Waals surface area contributed by atoms with E-state index in [0.717, 1.165) is 122 Å². The van der Waals surface area contributed by atoms with Gasteiger partial charge in [0.2, 0.25) is 65.0 Å². The number of hydrogen-bond acceptors (Lipinski definition) is 17. The number of carbonyl (C=O) groups excluding carboxylic acids is 10. The Labute approximate surface area is 656 Å². The molecule has 5 atom stereocenters. The minimum absolute atomic E-state index is 0.200. The lowest BCUT2D eigenvalue weighted by Gasteiger charge is -2.24. The number of amides is 10. The van der Waals surface area contributed by atoms with E-state index < -0.39 is 30.2 Å². The largest absolute Gasteiger partial charge is 0.481 e. The SMILES string of the molecule is C#Cc1ccc2c3ccccc3n(C3CCC(=O)NC3=O)c2n1.CCc1ccc2c3ccccc3n(C3CCC(=O)NC3=O)c2n1.CN(C)c1ccc2c3ccccc3n(C3CCC(=O)NC3=O)c2n1.COc1ccc2c3ccccc3n(C3CCC(=O)NC3=O)c2n1.Cc1ccc2c3ccccc3n(C3CCC(=O)NC3=O)c2n1. The zero-order valence-electron chi connectivity index (χ0n) is 63.5. The van der Waals surface area contributed by atoms with Crippen LogP contribution in [0.5, 0.6) is 5.88 Å². The zero-order chi connectivity index (χ0) is 80.0. The van der Waals surface area contributed by atoms with Gasteiger partial charge >= 0.3 is 0 Å². The van der Waals surface area contributed by atoms with Crippen molar-refractivity contribution in [3.05, 3.63) is 199 Å². The molecule has 27 heteroatoms. The molecule has 0 spiro atoms. The third-order valence-electron chi connectivity index (χ3n) is 21.7. The Morgan fingerprint density at radius 2 is 0.661 bits per heavy atom. The van der Waals surface area contributed by atoms with Crippen LogP contribution in [0.25, 0.3) is 110 Å². The van der Waals surface area contributed by atoms with Gasteiger partial charge in [-0.2, -0.15) is 4.98 Å². The Balaban J connectivity index is 0.000000108. The molecule has 10 aromatic heterocycles. The first-order valence-electron chi connectivity index (χ1n) is 38.1. The van der Waals surface area contributed by atoms with Crippen molar-refractivity contribution < 1.29 is 52.7 Å². The molecule has 0 radical (unpaired) electrons. The van der Waals surface area contributed by atoms with E-state index in [1.807, 2.05) is 219 Å². The predicted octanol–water partition coefficient (Wildman–Crippen LogP) is 11.8. The number of nitrogens with one attached hydrogen (secondary N) is 5. The molecule has 576 valence electrons. The first-order valence-corrected chi connectivity index (χ1v) is 38.1. The summed E-state index contributed by atoms with van der Waals surface area (Å²) in [6, 6.07) is 57.2. The Bertz CT molecular complexity index is 6480. The van der Waals surface area contributed by atoms with Gasteiger partial charge in [0.25, 0.3) is 0 Å². The number of anilines is 1. The average Bonchev–Trinajstić information content (AvgIpc) is 1.62. The number of hydrogen-bond donors (Lipinski definition) is 5. The lowest BCUT2D eigenvalue weighted by molar-refractivity contribution is -0.137.